The van der Waals surface area contributed by atoms with Gasteiger partial charge in [-0.2, -0.15) is 0 Å². The van der Waals surface area contributed by atoms with Gasteiger partial charge in [0.05, 0.1) is 5.69 Å². The van der Waals surface area contributed by atoms with Gasteiger partial charge in [0.25, 0.3) is 15.9 Å². The van der Waals surface area contributed by atoms with Crippen molar-refractivity contribution in [3.63, 3.8) is 0 Å². The second-order valence-corrected chi connectivity index (χ2v) is 7.76. The Labute approximate surface area is 146 Å². The van der Waals surface area contributed by atoms with E-state index in [-0.39, 0.29) is 16.5 Å². The summed E-state index contributed by atoms with van der Waals surface area (Å²) in [5.74, 6) is -0.833. The lowest BCUT2D eigenvalue weighted by Gasteiger charge is -2.17. The maximum Gasteiger partial charge on any atom is 0.270 e. The molecular weight excluding hydrogens is 345 g/mol. The van der Waals surface area contributed by atoms with E-state index in [2.05, 4.69) is 4.72 Å². The number of benzene rings is 1. The summed E-state index contributed by atoms with van der Waals surface area (Å²) in [6.45, 7) is 5.38. The van der Waals surface area contributed by atoms with Crippen LogP contribution >= 0.6 is 0 Å². The molecule has 1 N–H and O–H groups in total. The second-order valence-electron chi connectivity index (χ2n) is 6.08. The topological polar surface area (TPSA) is 71.4 Å². The molecule has 1 aliphatic rings. The minimum atomic E-state index is -3.98. The summed E-state index contributed by atoms with van der Waals surface area (Å²) in [7, 11) is -3.98. The number of fused-ring (bicyclic) bond motifs is 1. The predicted molar refractivity (Wildman–Crippen MR) is 92.6 cm³/mol. The number of nitrogens with zero attached hydrogens (tertiary/aromatic N) is 2. The number of amides is 1. The average Bonchev–Trinajstić information content (AvgIpc) is 2.93. The number of carbonyl (C=O) groups is 1. The highest BCUT2D eigenvalue weighted by molar-refractivity contribution is 7.92. The molecular formula is C17H20FN3O3S. The molecule has 1 amide bonds. The molecule has 0 unspecified atom stereocenters. The Balaban J connectivity index is 1.94. The molecule has 0 saturated carbocycles. The van der Waals surface area contributed by atoms with Crippen molar-refractivity contribution in [1.82, 2.24) is 9.47 Å². The molecule has 0 fully saturated rings. The summed E-state index contributed by atoms with van der Waals surface area (Å²) >= 11 is 0. The van der Waals surface area contributed by atoms with Crippen LogP contribution in [-0.2, 0) is 16.6 Å². The molecule has 0 spiro atoms. The van der Waals surface area contributed by atoms with E-state index in [0.29, 0.717) is 30.9 Å². The summed E-state index contributed by atoms with van der Waals surface area (Å²) in [6, 6.07) is 5.62. The first-order valence-corrected chi connectivity index (χ1v) is 9.58. The smallest absolute Gasteiger partial charge is 0.270 e. The van der Waals surface area contributed by atoms with E-state index in [1.807, 2.05) is 6.92 Å². The Morgan fingerprint density at radius 1 is 1.24 bits per heavy atom. The number of aromatic nitrogens is 1. The lowest BCUT2D eigenvalue weighted by molar-refractivity contribution is 0.0766. The van der Waals surface area contributed by atoms with Crippen LogP contribution in [0.1, 0.15) is 29.4 Å². The van der Waals surface area contributed by atoms with Gasteiger partial charge in [-0.25, -0.2) is 12.8 Å². The predicted octanol–water partition coefficient (Wildman–Crippen LogP) is 2.60. The van der Waals surface area contributed by atoms with E-state index in [9.17, 15) is 17.6 Å². The monoisotopic (exact) mass is 365 g/mol. The molecule has 6 nitrogen and oxygen atoms in total. The molecule has 1 aliphatic heterocycles. The fourth-order valence-electron chi connectivity index (χ4n) is 2.90. The molecule has 8 heteroatoms. The van der Waals surface area contributed by atoms with Crippen LogP contribution in [-0.4, -0.2) is 36.9 Å². The maximum atomic E-state index is 13.9. The number of halogens is 1. The van der Waals surface area contributed by atoms with E-state index in [1.54, 1.807) is 22.5 Å². The molecule has 1 aromatic carbocycles. The van der Waals surface area contributed by atoms with E-state index in [0.717, 1.165) is 6.42 Å². The molecule has 3 rings (SSSR count). The van der Waals surface area contributed by atoms with Crippen LogP contribution in [0.5, 0.6) is 0 Å². The van der Waals surface area contributed by atoms with Crippen molar-refractivity contribution < 1.29 is 17.6 Å². The molecule has 0 saturated heterocycles. The number of nitrogens with one attached hydrogen (secondary N) is 1. The molecule has 2 aromatic rings. The van der Waals surface area contributed by atoms with Crippen LogP contribution in [0.3, 0.4) is 0 Å². The third-order valence-corrected chi connectivity index (χ3v) is 5.60. The summed E-state index contributed by atoms with van der Waals surface area (Å²) in [5, 5.41) is 0. The Morgan fingerprint density at radius 3 is 2.68 bits per heavy atom. The Hall–Kier alpha value is -2.35. The van der Waals surface area contributed by atoms with Crippen LogP contribution in [0.15, 0.2) is 35.4 Å². The lowest BCUT2D eigenvalue weighted by atomic mass is 10.2. The molecule has 0 aliphatic carbocycles. The van der Waals surface area contributed by atoms with E-state index >= 15 is 0 Å². The summed E-state index contributed by atoms with van der Waals surface area (Å²) in [6.07, 6.45) is 2.18. The van der Waals surface area contributed by atoms with E-state index in [1.165, 1.54) is 24.4 Å². The second kappa shape index (κ2) is 6.51. The van der Waals surface area contributed by atoms with Gasteiger partial charge >= 0.3 is 0 Å². The van der Waals surface area contributed by atoms with Crippen LogP contribution in [0.4, 0.5) is 10.1 Å². The van der Waals surface area contributed by atoms with Crippen molar-refractivity contribution >= 4 is 21.6 Å². The summed E-state index contributed by atoms with van der Waals surface area (Å²) in [5.41, 5.74) is 0.916. The minimum Gasteiger partial charge on any atom is -0.342 e. The first-order valence-electron chi connectivity index (χ1n) is 8.10. The van der Waals surface area contributed by atoms with Gasteiger partial charge in [0.2, 0.25) is 0 Å². The van der Waals surface area contributed by atoms with Gasteiger partial charge in [0.1, 0.15) is 16.4 Å². The molecule has 0 radical (unpaired) electrons. The first-order chi connectivity index (χ1) is 11.8. The zero-order valence-corrected chi connectivity index (χ0v) is 14.9. The van der Waals surface area contributed by atoms with E-state index in [4.69, 9.17) is 0 Å². The SMILES string of the molecule is CCN1CCCn2cc(S(=O)(=O)Nc3ccc(C)cc3F)cc2C1=O. The van der Waals surface area contributed by atoms with Crippen LogP contribution in [0, 0.1) is 12.7 Å². The first kappa shape index (κ1) is 17.5. The quantitative estimate of drug-likeness (QED) is 0.905. The van der Waals surface area contributed by atoms with Gasteiger partial charge < -0.3 is 9.47 Å². The molecule has 0 bridgehead atoms. The lowest BCUT2D eigenvalue weighted by Crippen LogP contribution is -2.30. The van der Waals surface area contributed by atoms with Crippen molar-refractivity contribution in [3.8, 4) is 0 Å². The van der Waals surface area contributed by atoms with Gasteiger partial charge in [-0.3, -0.25) is 9.52 Å². The zero-order valence-electron chi connectivity index (χ0n) is 14.1. The standard InChI is InChI=1S/C17H20FN3O3S/c1-3-20-7-4-8-21-11-13(10-16(21)17(20)22)25(23,24)19-15-6-5-12(2)9-14(15)18/h5-6,9-11,19H,3-4,7-8H2,1-2H3. The van der Waals surface area contributed by atoms with Crippen molar-refractivity contribution in [2.45, 2.75) is 31.7 Å². The number of hydrogen-bond acceptors (Lipinski definition) is 3. The van der Waals surface area contributed by atoms with Gasteiger partial charge in [-0.15, -0.1) is 0 Å². The fourth-order valence-corrected chi connectivity index (χ4v) is 4.00. The van der Waals surface area contributed by atoms with E-state index < -0.39 is 15.8 Å². The third kappa shape index (κ3) is 3.39. The number of carbonyl (C=O) groups excluding carboxylic acids is 1. The Morgan fingerprint density at radius 2 is 2.00 bits per heavy atom. The molecule has 134 valence electrons. The number of aryl methyl sites for hydroxylation is 2. The van der Waals surface area contributed by atoms with Crippen molar-refractivity contribution in [3.05, 3.63) is 47.5 Å². The third-order valence-electron chi connectivity index (χ3n) is 4.27. The zero-order chi connectivity index (χ0) is 18.2. The number of hydrogen-bond donors (Lipinski definition) is 1. The van der Waals surface area contributed by atoms with Gasteiger partial charge in [-0.05, 0) is 44.0 Å². The largest absolute Gasteiger partial charge is 0.342 e. The van der Waals surface area contributed by atoms with Crippen molar-refractivity contribution in [2.75, 3.05) is 17.8 Å². The molecule has 25 heavy (non-hydrogen) atoms. The minimum absolute atomic E-state index is 0.0474. The highest BCUT2D eigenvalue weighted by atomic mass is 32.2. The Bertz CT molecular complexity index is 921. The highest BCUT2D eigenvalue weighted by Gasteiger charge is 2.26. The number of anilines is 1. The molecule has 2 heterocycles. The molecule has 0 atom stereocenters. The highest BCUT2D eigenvalue weighted by Crippen LogP contribution is 2.23. The number of rotatable bonds is 4. The van der Waals surface area contributed by atoms with Crippen molar-refractivity contribution in [2.24, 2.45) is 0 Å². The van der Waals surface area contributed by atoms with Crippen molar-refractivity contribution in [1.29, 1.82) is 0 Å². The van der Waals surface area contributed by atoms with Crippen LogP contribution in [0.25, 0.3) is 0 Å². The Kier molecular flexibility index (Phi) is 4.55. The number of sulfonamides is 1. The van der Waals surface area contributed by atoms with Crippen LogP contribution in [0.2, 0.25) is 0 Å². The van der Waals surface area contributed by atoms with Gasteiger partial charge in [0.15, 0.2) is 0 Å². The van der Waals surface area contributed by atoms with Gasteiger partial charge in [0, 0.05) is 25.8 Å². The van der Waals surface area contributed by atoms with Gasteiger partial charge in [-0.1, -0.05) is 6.07 Å². The fraction of sp³-hybridized carbons (Fsp3) is 0.353. The van der Waals surface area contributed by atoms with Crippen LogP contribution < -0.4 is 4.72 Å². The average molecular weight is 365 g/mol. The summed E-state index contributed by atoms with van der Waals surface area (Å²) < 4.78 is 43.0. The maximum absolute atomic E-state index is 13.9. The summed E-state index contributed by atoms with van der Waals surface area (Å²) in [4.78, 5) is 14.1. The molecule has 1 aromatic heterocycles. The normalized spacial score (nSPS) is 15.0.